The van der Waals surface area contributed by atoms with E-state index >= 15 is 0 Å². The van der Waals surface area contributed by atoms with Crippen LogP contribution >= 0.6 is 14.7 Å². The largest absolute Gasteiger partial charge is 0.508 e. The molecule has 0 saturated carbocycles. The Hall–Kier alpha value is -1.66. The van der Waals surface area contributed by atoms with E-state index in [-0.39, 0.29) is 31.0 Å². The topological polar surface area (TPSA) is 99.5 Å². The van der Waals surface area contributed by atoms with Crippen LogP contribution in [0.15, 0.2) is 48.5 Å². The molecule has 0 aliphatic carbocycles. The summed E-state index contributed by atoms with van der Waals surface area (Å²) in [7, 11) is -5.76. The van der Waals surface area contributed by atoms with Crippen molar-refractivity contribution in [3.63, 3.8) is 0 Å². The summed E-state index contributed by atoms with van der Waals surface area (Å²) < 4.78 is 36.9. The highest BCUT2D eigenvalue weighted by molar-refractivity contribution is 7.62. The van der Waals surface area contributed by atoms with Crippen molar-refractivity contribution >= 4 is 14.7 Å². The number of phenols is 2. The number of phenolic OH excluding ortho intramolecular Hbond substituents is 2. The number of rotatable bonds is 15. The van der Waals surface area contributed by atoms with Crippen LogP contribution in [-0.2, 0) is 31.3 Å². The van der Waals surface area contributed by atoms with Crippen molar-refractivity contribution in [3.05, 3.63) is 59.7 Å². The summed E-state index contributed by atoms with van der Waals surface area (Å²) in [6.07, 6.45) is 0.434. The average Bonchev–Trinajstić information content (AvgIpc) is 2.74. The van der Waals surface area contributed by atoms with Crippen LogP contribution in [0.5, 0.6) is 11.5 Å². The minimum Gasteiger partial charge on any atom is -0.508 e. The van der Waals surface area contributed by atoms with Crippen molar-refractivity contribution in [1.82, 2.24) is 9.80 Å². The monoisotopic (exact) mass is 512 g/mol. The first-order valence-corrected chi connectivity index (χ1v) is 16.0. The summed E-state index contributed by atoms with van der Waals surface area (Å²) in [5.41, 5.74) is 1.45. The van der Waals surface area contributed by atoms with Crippen LogP contribution in [0.3, 0.4) is 0 Å². The smallest absolute Gasteiger partial charge is 0.344 e. The Bertz CT molecular complexity index is 987. The van der Waals surface area contributed by atoms with Crippen LogP contribution in [0.25, 0.3) is 0 Å². The third-order valence-electron chi connectivity index (χ3n) is 5.07. The number of hydrogen-bond donors (Lipinski definition) is 2. The predicted molar refractivity (Wildman–Crippen MR) is 137 cm³/mol. The first-order chi connectivity index (χ1) is 16.0. The van der Waals surface area contributed by atoms with Gasteiger partial charge in [0.25, 0.3) is 0 Å². The molecule has 0 unspecified atom stereocenters. The molecule has 0 radical (unpaired) electrons. The lowest BCUT2D eigenvalue weighted by atomic mass is 10.2. The second-order valence-electron chi connectivity index (χ2n) is 8.67. The number of aromatic hydroxyl groups is 2. The second-order valence-corrected chi connectivity index (χ2v) is 14.1. The molecule has 0 spiro atoms. The Labute approximate surface area is 203 Å². The molecule has 2 N–H and O–H groups in total. The number of hydrogen-bond acceptors (Lipinski definition) is 8. The van der Waals surface area contributed by atoms with Crippen LogP contribution in [0, 0.1) is 0 Å². The highest BCUT2D eigenvalue weighted by atomic mass is 31.2. The molecule has 0 aliphatic rings. The normalized spacial score (nSPS) is 12.5. The highest BCUT2D eigenvalue weighted by Gasteiger charge is 2.28. The second kappa shape index (κ2) is 13.4. The SMILES string of the molecule is CCOP(=O)(CN(CCN(Cc1ccccc1O)CP(C)(C)=O)Cc1ccccc1O)OCC. The van der Waals surface area contributed by atoms with Gasteiger partial charge in [-0.05, 0) is 39.3 Å². The van der Waals surface area contributed by atoms with Crippen LogP contribution in [0.4, 0.5) is 0 Å². The highest BCUT2D eigenvalue weighted by Crippen LogP contribution is 2.48. The quantitative estimate of drug-likeness (QED) is 0.314. The molecule has 0 amide bonds. The predicted octanol–water partition coefficient (Wildman–Crippen LogP) is 5.21. The Balaban J connectivity index is 2.24. The summed E-state index contributed by atoms with van der Waals surface area (Å²) in [6, 6.07) is 14.1. The molecule has 0 saturated heterocycles. The fourth-order valence-electron chi connectivity index (χ4n) is 3.69. The zero-order valence-electron chi connectivity index (χ0n) is 20.6. The molecule has 10 heteroatoms. The molecular formula is C24H38N2O6P2. The van der Waals surface area contributed by atoms with Gasteiger partial charge >= 0.3 is 7.60 Å². The van der Waals surface area contributed by atoms with Gasteiger partial charge in [0.2, 0.25) is 0 Å². The summed E-state index contributed by atoms with van der Waals surface area (Å²) >= 11 is 0. The van der Waals surface area contributed by atoms with Crippen molar-refractivity contribution in [2.75, 3.05) is 52.2 Å². The Morgan fingerprint density at radius 2 is 1.15 bits per heavy atom. The summed E-state index contributed by atoms with van der Waals surface area (Å²) in [5, 5.41) is 20.5. The van der Waals surface area contributed by atoms with Crippen molar-refractivity contribution in [1.29, 1.82) is 0 Å². The molecule has 8 nitrogen and oxygen atoms in total. The van der Waals surface area contributed by atoms with E-state index in [1.165, 1.54) is 0 Å². The molecule has 0 fully saturated rings. The maximum Gasteiger partial charge on any atom is 0.344 e. The van der Waals surface area contributed by atoms with E-state index in [4.69, 9.17) is 9.05 Å². The van der Waals surface area contributed by atoms with Gasteiger partial charge in [-0.15, -0.1) is 0 Å². The molecule has 0 aliphatic heterocycles. The van der Waals surface area contributed by atoms with Gasteiger partial charge in [-0.25, -0.2) is 0 Å². The van der Waals surface area contributed by atoms with Crippen LogP contribution < -0.4 is 0 Å². The average molecular weight is 513 g/mol. The molecule has 2 rings (SSSR count). The zero-order chi connectivity index (χ0) is 25.2. The Kier molecular flexibility index (Phi) is 11.3. The minimum atomic E-state index is -3.37. The van der Waals surface area contributed by atoms with Crippen molar-refractivity contribution in [2.24, 2.45) is 0 Å². The summed E-state index contributed by atoms with van der Waals surface area (Å²) in [6.45, 7) is 9.28. The van der Waals surface area contributed by atoms with E-state index in [2.05, 4.69) is 0 Å². The van der Waals surface area contributed by atoms with Crippen LogP contribution in [0.2, 0.25) is 0 Å². The van der Waals surface area contributed by atoms with Gasteiger partial charge in [-0.3, -0.25) is 14.4 Å². The fraction of sp³-hybridized carbons (Fsp3) is 0.500. The van der Waals surface area contributed by atoms with Gasteiger partial charge in [0.15, 0.2) is 0 Å². The van der Waals surface area contributed by atoms with Gasteiger partial charge in [0.1, 0.15) is 17.8 Å². The van der Waals surface area contributed by atoms with E-state index in [9.17, 15) is 19.3 Å². The fourth-order valence-corrected chi connectivity index (χ4v) is 6.65. The lowest BCUT2D eigenvalue weighted by molar-refractivity contribution is 0.180. The molecule has 190 valence electrons. The summed E-state index contributed by atoms with van der Waals surface area (Å²) in [5.74, 6) is 0.352. The van der Waals surface area contributed by atoms with Gasteiger partial charge in [-0.1, -0.05) is 36.4 Å². The standard InChI is InChI=1S/C24H38N2O6P2/c1-5-31-34(30,32-6-2)20-26(18-22-12-8-10-14-24(22)28)16-15-25(19-33(3,4)29)17-21-11-7-9-13-23(21)27/h7-14,27-28H,5-6,15-20H2,1-4H3. The number of nitrogens with zero attached hydrogens (tertiary/aromatic N) is 2. The lowest BCUT2D eigenvalue weighted by Gasteiger charge is -2.31. The molecule has 2 aromatic rings. The molecule has 0 heterocycles. The van der Waals surface area contributed by atoms with Crippen LogP contribution in [0.1, 0.15) is 25.0 Å². The first-order valence-electron chi connectivity index (χ1n) is 11.5. The summed E-state index contributed by atoms with van der Waals surface area (Å²) in [4.78, 5) is 3.95. The van der Waals surface area contributed by atoms with Crippen molar-refractivity contribution in [3.8, 4) is 11.5 Å². The maximum absolute atomic E-state index is 13.3. The van der Waals surface area contributed by atoms with Gasteiger partial charge < -0.3 is 23.8 Å². The zero-order valence-corrected chi connectivity index (χ0v) is 22.4. The molecule has 0 aromatic heterocycles. The van der Waals surface area contributed by atoms with E-state index in [1.54, 1.807) is 51.4 Å². The molecular weight excluding hydrogens is 474 g/mol. The number of benzene rings is 2. The van der Waals surface area contributed by atoms with Gasteiger partial charge in [-0.2, -0.15) is 0 Å². The first kappa shape index (κ1) is 28.6. The van der Waals surface area contributed by atoms with Gasteiger partial charge in [0.05, 0.1) is 26.6 Å². The van der Waals surface area contributed by atoms with E-state index in [0.29, 0.717) is 38.0 Å². The molecule has 34 heavy (non-hydrogen) atoms. The molecule has 0 atom stereocenters. The van der Waals surface area contributed by atoms with E-state index in [1.807, 2.05) is 34.1 Å². The van der Waals surface area contributed by atoms with Crippen LogP contribution in [-0.4, -0.2) is 72.2 Å². The van der Waals surface area contributed by atoms with Crippen molar-refractivity contribution < 1.29 is 28.4 Å². The Morgan fingerprint density at radius 3 is 1.53 bits per heavy atom. The third kappa shape index (κ3) is 9.91. The maximum atomic E-state index is 13.3. The molecule has 2 aromatic carbocycles. The van der Waals surface area contributed by atoms with E-state index in [0.717, 1.165) is 5.56 Å². The van der Waals surface area contributed by atoms with Crippen molar-refractivity contribution in [2.45, 2.75) is 26.9 Å². The Morgan fingerprint density at radius 1 is 0.735 bits per heavy atom. The van der Waals surface area contributed by atoms with Gasteiger partial charge in [0, 0.05) is 37.3 Å². The third-order valence-corrected chi connectivity index (χ3v) is 8.20. The minimum absolute atomic E-state index is 0.0589. The lowest BCUT2D eigenvalue weighted by Crippen LogP contribution is -2.36. The van der Waals surface area contributed by atoms with E-state index < -0.39 is 14.7 Å². The number of para-hydroxylation sites is 2. The molecule has 0 bridgehead atoms.